The third-order valence-corrected chi connectivity index (χ3v) is 2.71. The lowest BCUT2D eigenvalue weighted by Crippen LogP contribution is -2.23. The van der Waals surface area contributed by atoms with E-state index in [2.05, 4.69) is 47.3 Å². The van der Waals surface area contributed by atoms with Crippen LogP contribution in [0.25, 0.3) is 0 Å². The molecule has 0 aromatic carbocycles. The lowest BCUT2D eigenvalue weighted by atomic mass is 10.2. The van der Waals surface area contributed by atoms with Gasteiger partial charge in [-0.25, -0.2) is 4.98 Å². The van der Waals surface area contributed by atoms with Gasteiger partial charge in [0.1, 0.15) is 5.82 Å². The van der Waals surface area contributed by atoms with Crippen LogP contribution in [0.4, 0.5) is 5.82 Å². The maximum Gasteiger partial charge on any atom is 0.130 e. The molecule has 1 heterocycles. The molecule has 4 heteroatoms. The second kappa shape index (κ2) is 7.25. The first kappa shape index (κ1) is 13.9. The molecule has 0 radical (unpaired) electrons. The standard InChI is InChI=1S/C13H24N4/c1-14-13-12(7-5-8-15-13)11-17(4)10-6-9-16(2)3/h5,7-8H,6,9-11H2,1-4H3,(H,14,15). The molecule has 1 aromatic rings. The number of aromatic nitrogens is 1. The van der Waals surface area contributed by atoms with Crippen molar-refractivity contribution in [3.8, 4) is 0 Å². The van der Waals surface area contributed by atoms with E-state index in [4.69, 9.17) is 0 Å². The summed E-state index contributed by atoms with van der Waals surface area (Å²) < 4.78 is 0. The molecule has 0 saturated carbocycles. The summed E-state index contributed by atoms with van der Waals surface area (Å²) >= 11 is 0. The molecule has 0 aliphatic rings. The average Bonchev–Trinajstić information content (AvgIpc) is 2.29. The highest BCUT2D eigenvalue weighted by Gasteiger charge is 2.05. The van der Waals surface area contributed by atoms with Crippen LogP contribution >= 0.6 is 0 Å². The zero-order chi connectivity index (χ0) is 12.7. The number of rotatable bonds is 7. The topological polar surface area (TPSA) is 31.4 Å². The Bertz CT molecular complexity index is 325. The number of nitrogens with zero attached hydrogens (tertiary/aromatic N) is 3. The van der Waals surface area contributed by atoms with Crippen LogP contribution in [-0.4, -0.2) is 56.1 Å². The minimum absolute atomic E-state index is 0.942. The van der Waals surface area contributed by atoms with Crippen LogP contribution in [0.1, 0.15) is 12.0 Å². The Labute approximate surface area is 105 Å². The molecule has 0 aliphatic carbocycles. The average molecular weight is 236 g/mol. The molecule has 1 rings (SSSR count). The first-order chi connectivity index (χ1) is 8.13. The second-order valence-corrected chi connectivity index (χ2v) is 4.66. The number of hydrogen-bond acceptors (Lipinski definition) is 4. The van der Waals surface area contributed by atoms with Gasteiger partial charge in [-0.2, -0.15) is 0 Å². The predicted octanol–water partition coefficient (Wildman–Crippen LogP) is 1.51. The molecule has 17 heavy (non-hydrogen) atoms. The second-order valence-electron chi connectivity index (χ2n) is 4.66. The summed E-state index contributed by atoms with van der Waals surface area (Å²) in [5.41, 5.74) is 1.25. The van der Waals surface area contributed by atoms with Crippen molar-refractivity contribution in [1.29, 1.82) is 0 Å². The number of nitrogens with one attached hydrogen (secondary N) is 1. The Morgan fingerprint density at radius 2 is 2.00 bits per heavy atom. The minimum Gasteiger partial charge on any atom is -0.373 e. The summed E-state index contributed by atoms with van der Waals surface area (Å²) in [6, 6.07) is 4.12. The van der Waals surface area contributed by atoms with E-state index in [-0.39, 0.29) is 0 Å². The van der Waals surface area contributed by atoms with E-state index < -0.39 is 0 Å². The summed E-state index contributed by atoms with van der Waals surface area (Å²) in [7, 11) is 8.29. The van der Waals surface area contributed by atoms with E-state index in [1.807, 2.05) is 19.3 Å². The van der Waals surface area contributed by atoms with Gasteiger partial charge in [0.15, 0.2) is 0 Å². The van der Waals surface area contributed by atoms with E-state index in [1.165, 1.54) is 12.0 Å². The third kappa shape index (κ3) is 5.15. The number of hydrogen-bond donors (Lipinski definition) is 1. The Balaban J connectivity index is 2.41. The molecule has 0 fully saturated rings. The number of pyridine rings is 1. The van der Waals surface area contributed by atoms with E-state index >= 15 is 0 Å². The quantitative estimate of drug-likeness (QED) is 0.777. The SMILES string of the molecule is CNc1ncccc1CN(C)CCCN(C)C. The van der Waals surface area contributed by atoms with E-state index in [0.717, 1.165) is 25.5 Å². The molecule has 4 nitrogen and oxygen atoms in total. The van der Waals surface area contributed by atoms with Crippen LogP contribution in [0, 0.1) is 0 Å². The van der Waals surface area contributed by atoms with Gasteiger partial charge >= 0.3 is 0 Å². The fourth-order valence-electron chi connectivity index (χ4n) is 1.82. The molecule has 0 aliphatic heterocycles. The van der Waals surface area contributed by atoms with Crippen molar-refractivity contribution in [2.24, 2.45) is 0 Å². The molecule has 0 unspecified atom stereocenters. The summed E-state index contributed by atoms with van der Waals surface area (Å²) in [5, 5.41) is 3.13. The van der Waals surface area contributed by atoms with Gasteiger partial charge < -0.3 is 15.1 Å². The van der Waals surface area contributed by atoms with Gasteiger partial charge in [-0.3, -0.25) is 0 Å². The smallest absolute Gasteiger partial charge is 0.130 e. The molecular formula is C13H24N4. The molecule has 96 valence electrons. The van der Waals surface area contributed by atoms with Crippen molar-refractivity contribution in [2.45, 2.75) is 13.0 Å². The first-order valence-electron chi connectivity index (χ1n) is 6.08. The van der Waals surface area contributed by atoms with Gasteiger partial charge in [-0.15, -0.1) is 0 Å². The largest absolute Gasteiger partial charge is 0.373 e. The molecule has 0 bridgehead atoms. The maximum absolute atomic E-state index is 4.31. The Morgan fingerprint density at radius 1 is 1.24 bits per heavy atom. The summed E-state index contributed by atoms with van der Waals surface area (Å²) in [5.74, 6) is 0.979. The van der Waals surface area contributed by atoms with Crippen molar-refractivity contribution in [2.75, 3.05) is 46.6 Å². The number of anilines is 1. The highest BCUT2D eigenvalue weighted by Crippen LogP contribution is 2.12. The van der Waals surface area contributed by atoms with Gasteiger partial charge in [0.2, 0.25) is 0 Å². The van der Waals surface area contributed by atoms with E-state index in [1.54, 1.807) is 0 Å². The van der Waals surface area contributed by atoms with E-state index in [0.29, 0.717) is 0 Å². The van der Waals surface area contributed by atoms with E-state index in [9.17, 15) is 0 Å². The van der Waals surface area contributed by atoms with Crippen LogP contribution in [0.2, 0.25) is 0 Å². The zero-order valence-electron chi connectivity index (χ0n) is 11.4. The molecular weight excluding hydrogens is 212 g/mol. The minimum atomic E-state index is 0.942. The van der Waals surface area contributed by atoms with Gasteiger partial charge in [0.05, 0.1) is 0 Å². The van der Waals surface area contributed by atoms with Crippen molar-refractivity contribution < 1.29 is 0 Å². The van der Waals surface area contributed by atoms with Crippen LogP contribution in [0.3, 0.4) is 0 Å². The maximum atomic E-state index is 4.31. The zero-order valence-corrected chi connectivity index (χ0v) is 11.4. The predicted molar refractivity (Wildman–Crippen MR) is 73.3 cm³/mol. The van der Waals surface area contributed by atoms with Crippen LogP contribution in [-0.2, 0) is 6.54 Å². The third-order valence-electron chi connectivity index (χ3n) is 2.71. The van der Waals surface area contributed by atoms with Gasteiger partial charge in [-0.05, 0) is 46.7 Å². The van der Waals surface area contributed by atoms with Crippen LogP contribution < -0.4 is 5.32 Å². The monoisotopic (exact) mass is 236 g/mol. The van der Waals surface area contributed by atoms with Crippen molar-refractivity contribution in [3.63, 3.8) is 0 Å². The molecule has 0 saturated heterocycles. The summed E-state index contributed by atoms with van der Waals surface area (Å²) in [6.07, 6.45) is 3.01. The molecule has 0 amide bonds. The van der Waals surface area contributed by atoms with Crippen LogP contribution in [0.5, 0.6) is 0 Å². The lowest BCUT2D eigenvalue weighted by Gasteiger charge is -2.19. The van der Waals surface area contributed by atoms with Gasteiger partial charge in [-0.1, -0.05) is 6.07 Å². The highest BCUT2D eigenvalue weighted by atomic mass is 15.1. The normalized spacial score (nSPS) is 11.2. The molecule has 1 aromatic heterocycles. The van der Waals surface area contributed by atoms with Crippen molar-refractivity contribution in [1.82, 2.24) is 14.8 Å². The van der Waals surface area contributed by atoms with Crippen molar-refractivity contribution in [3.05, 3.63) is 23.9 Å². The molecule has 0 spiro atoms. The molecule has 0 atom stereocenters. The van der Waals surface area contributed by atoms with Gasteiger partial charge in [0, 0.05) is 25.4 Å². The highest BCUT2D eigenvalue weighted by molar-refractivity contribution is 5.42. The molecule has 1 N–H and O–H groups in total. The Morgan fingerprint density at radius 3 is 2.65 bits per heavy atom. The Hall–Kier alpha value is -1.13. The summed E-state index contributed by atoms with van der Waals surface area (Å²) in [6.45, 7) is 3.18. The fourth-order valence-corrected chi connectivity index (χ4v) is 1.82. The van der Waals surface area contributed by atoms with Crippen molar-refractivity contribution >= 4 is 5.82 Å². The van der Waals surface area contributed by atoms with Gasteiger partial charge in [0.25, 0.3) is 0 Å². The first-order valence-corrected chi connectivity index (χ1v) is 6.08. The Kier molecular flexibility index (Phi) is 5.94. The lowest BCUT2D eigenvalue weighted by molar-refractivity contribution is 0.295. The fraction of sp³-hybridized carbons (Fsp3) is 0.615. The summed E-state index contributed by atoms with van der Waals surface area (Å²) in [4.78, 5) is 8.87. The van der Waals surface area contributed by atoms with Crippen LogP contribution in [0.15, 0.2) is 18.3 Å².